The molecule has 5 nitrogen and oxygen atoms in total. The Morgan fingerprint density at radius 1 is 0.815 bits per heavy atom. The lowest BCUT2D eigenvalue weighted by atomic mass is 10.1. The van der Waals surface area contributed by atoms with Crippen LogP contribution in [0.2, 0.25) is 0 Å². The van der Waals surface area contributed by atoms with Gasteiger partial charge in [0, 0.05) is 7.11 Å². The van der Waals surface area contributed by atoms with Crippen molar-refractivity contribution >= 4 is 0 Å². The van der Waals surface area contributed by atoms with Crippen LogP contribution in [0.5, 0.6) is 0 Å². The van der Waals surface area contributed by atoms with Crippen LogP contribution in [0.25, 0.3) is 0 Å². The fourth-order valence-corrected chi connectivity index (χ4v) is 3.05. The summed E-state index contributed by atoms with van der Waals surface area (Å²) in [5, 5.41) is 10.6. The Bertz CT molecular complexity index is 701. The summed E-state index contributed by atoms with van der Waals surface area (Å²) in [6.07, 6.45) is 0.168. The smallest absolute Gasteiger partial charge is 0.147 e. The maximum atomic E-state index is 10.6. The highest BCUT2D eigenvalue weighted by molar-refractivity contribution is 5.24. The molecule has 0 fully saturated rings. The molecule has 0 bridgehead atoms. The maximum absolute atomic E-state index is 10.6. The van der Waals surface area contributed by atoms with Crippen molar-refractivity contribution < 1.29 is 24.1 Å². The molecule has 0 saturated heterocycles. The number of benzene rings is 2. The lowest BCUT2D eigenvalue weighted by Crippen LogP contribution is -2.36. The largest absolute Gasteiger partial charge is 0.387 e. The van der Waals surface area contributed by atoms with Crippen LogP contribution in [0.15, 0.2) is 72.3 Å². The molecule has 2 aromatic carbocycles. The molecule has 5 heteroatoms. The van der Waals surface area contributed by atoms with Crippen molar-refractivity contribution in [2.75, 3.05) is 20.5 Å². The maximum Gasteiger partial charge on any atom is 0.147 e. The first kappa shape index (κ1) is 19.7. The monoisotopic (exact) mass is 370 g/mol. The van der Waals surface area contributed by atoms with Crippen molar-refractivity contribution in [1.29, 1.82) is 0 Å². The number of ether oxygens (including phenoxy) is 4. The Morgan fingerprint density at radius 2 is 1.44 bits per heavy atom. The van der Waals surface area contributed by atoms with Crippen LogP contribution < -0.4 is 0 Å². The number of hydrogen-bond donors (Lipinski definition) is 1. The predicted molar refractivity (Wildman–Crippen MR) is 102 cm³/mol. The third-order valence-corrected chi connectivity index (χ3v) is 4.42. The standard InChI is InChI=1S/C22H26O5/c1-24-16-27-22-19(15-25-13-17-8-4-2-5-9-17)12-20(21(22)23)26-14-18-10-6-3-7-11-18/h2-12,20-23H,13-16H2,1H3/t20-,21-,22+/m1/s1. The van der Waals surface area contributed by atoms with E-state index >= 15 is 0 Å². The minimum Gasteiger partial charge on any atom is -0.387 e. The number of methoxy groups -OCH3 is 1. The lowest BCUT2D eigenvalue weighted by molar-refractivity contribution is -0.121. The Balaban J connectivity index is 1.58. The Labute approximate surface area is 160 Å². The van der Waals surface area contributed by atoms with Gasteiger partial charge in [-0.05, 0) is 22.8 Å². The number of aliphatic hydroxyl groups excluding tert-OH is 1. The van der Waals surface area contributed by atoms with Crippen LogP contribution in [0.1, 0.15) is 11.1 Å². The third-order valence-electron chi connectivity index (χ3n) is 4.42. The van der Waals surface area contributed by atoms with E-state index in [2.05, 4.69) is 0 Å². The first-order valence-electron chi connectivity index (χ1n) is 9.04. The van der Waals surface area contributed by atoms with Gasteiger partial charge in [-0.25, -0.2) is 0 Å². The van der Waals surface area contributed by atoms with Crippen LogP contribution >= 0.6 is 0 Å². The van der Waals surface area contributed by atoms with E-state index in [1.165, 1.54) is 0 Å². The molecule has 0 spiro atoms. The van der Waals surface area contributed by atoms with Gasteiger partial charge in [0.15, 0.2) is 0 Å². The van der Waals surface area contributed by atoms with Crippen molar-refractivity contribution in [2.45, 2.75) is 31.5 Å². The summed E-state index contributed by atoms with van der Waals surface area (Å²) < 4.78 is 22.4. The molecule has 1 N–H and O–H groups in total. The molecule has 1 aliphatic carbocycles. The molecule has 3 rings (SSSR count). The van der Waals surface area contributed by atoms with E-state index < -0.39 is 18.3 Å². The van der Waals surface area contributed by atoms with Crippen LogP contribution in [0.4, 0.5) is 0 Å². The summed E-state index contributed by atoms with van der Waals surface area (Å²) in [5.41, 5.74) is 3.03. The summed E-state index contributed by atoms with van der Waals surface area (Å²) in [5.74, 6) is 0. The van der Waals surface area contributed by atoms with Gasteiger partial charge in [0.1, 0.15) is 25.1 Å². The molecule has 2 aromatic rings. The van der Waals surface area contributed by atoms with Crippen molar-refractivity contribution in [3.8, 4) is 0 Å². The normalized spacial score (nSPS) is 22.0. The summed E-state index contributed by atoms with van der Waals surface area (Å²) in [7, 11) is 1.56. The first-order valence-corrected chi connectivity index (χ1v) is 9.04. The topological polar surface area (TPSA) is 57.2 Å². The van der Waals surface area contributed by atoms with Crippen LogP contribution in [0, 0.1) is 0 Å². The zero-order valence-corrected chi connectivity index (χ0v) is 15.5. The molecule has 0 aliphatic heterocycles. The molecule has 144 valence electrons. The molecule has 0 unspecified atom stereocenters. The molecular weight excluding hydrogens is 344 g/mol. The second-order valence-corrected chi connectivity index (χ2v) is 6.47. The van der Waals surface area contributed by atoms with Gasteiger partial charge in [0.25, 0.3) is 0 Å². The van der Waals surface area contributed by atoms with Gasteiger partial charge in [0.05, 0.1) is 19.8 Å². The van der Waals surface area contributed by atoms with E-state index in [1.807, 2.05) is 66.7 Å². The highest BCUT2D eigenvalue weighted by atomic mass is 16.7. The number of hydrogen-bond acceptors (Lipinski definition) is 5. The van der Waals surface area contributed by atoms with Crippen molar-refractivity contribution in [2.24, 2.45) is 0 Å². The third kappa shape index (κ3) is 5.73. The van der Waals surface area contributed by atoms with E-state index in [9.17, 15) is 5.11 Å². The fraction of sp³-hybridized carbons (Fsp3) is 0.364. The van der Waals surface area contributed by atoms with E-state index in [0.717, 1.165) is 16.7 Å². The van der Waals surface area contributed by atoms with Gasteiger partial charge in [0.2, 0.25) is 0 Å². The van der Waals surface area contributed by atoms with Gasteiger partial charge < -0.3 is 24.1 Å². The van der Waals surface area contributed by atoms with E-state index in [0.29, 0.717) is 19.8 Å². The summed E-state index contributed by atoms with van der Waals surface area (Å²) in [6, 6.07) is 19.9. The Kier molecular flexibility index (Phi) is 7.56. The number of aliphatic hydroxyl groups is 1. The van der Waals surface area contributed by atoms with Gasteiger partial charge in [-0.1, -0.05) is 60.7 Å². The quantitative estimate of drug-likeness (QED) is 0.515. The SMILES string of the molecule is COCO[C@H]1C(COCc2ccccc2)=C[C@@H](OCc2ccccc2)[C@H]1O. The van der Waals surface area contributed by atoms with E-state index in [1.54, 1.807) is 7.11 Å². The zero-order chi connectivity index (χ0) is 18.9. The molecule has 0 heterocycles. The molecule has 0 saturated carbocycles. The molecule has 27 heavy (non-hydrogen) atoms. The van der Waals surface area contributed by atoms with Gasteiger partial charge >= 0.3 is 0 Å². The lowest BCUT2D eigenvalue weighted by Gasteiger charge is -2.22. The van der Waals surface area contributed by atoms with E-state index in [4.69, 9.17) is 18.9 Å². The number of rotatable bonds is 10. The minimum atomic E-state index is -0.792. The van der Waals surface area contributed by atoms with Crippen molar-refractivity contribution in [1.82, 2.24) is 0 Å². The molecule has 3 atom stereocenters. The first-order chi connectivity index (χ1) is 13.3. The van der Waals surface area contributed by atoms with Gasteiger partial charge in [-0.3, -0.25) is 0 Å². The van der Waals surface area contributed by atoms with Gasteiger partial charge in [-0.15, -0.1) is 0 Å². The van der Waals surface area contributed by atoms with Gasteiger partial charge in [-0.2, -0.15) is 0 Å². The molecule has 0 amide bonds. The predicted octanol–water partition coefficient (Wildman–Crippen LogP) is 3.08. The van der Waals surface area contributed by atoms with Crippen LogP contribution in [-0.4, -0.2) is 43.9 Å². The highest BCUT2D eigenvalue weighted by Crippen LogP contribution is 2.27. The average Bonchev–Trinajstić information content (AvgIpc) is 3.01. The molecule has 0 radical (unpaired) electrons. The Hall–Kier alpha value is -2.02. The second kappa shape index (κ2) is 10.3. The summed E-state index contributed by atoms with van der Waals surface area (Å²) in [6.45, 7) is 1.39. The summed E-state index contributed by atoms with van der Waals surface area (Å²) >= 11 is 0. The zero-order valence-electron chi connectivity index (χ0n) is 15.5. The molecule has 0 aromatic heterocycles. The van der Waals surface area contributed by atoms with Crippen LogP contribution in [0.3, 0.4) is 0 Å². The summed E-state index contributed by atoms with van der Waals surface area (Å²) in [4.78, 5) is 0. The highest BCUT2D eigenvalue weighted by Gasteiger charge is 2.37. The fourth-order valence-electron chi connectivity index (χ4n) is 3.05. The molecular formula is C22H26O5. The van der Waals surface area contributed by atoms with Crippen molar-refractivity contribution in [3.05, 3.63) is 83.4 Å². The Morgan fingerprint density at radius 3 is 2.07 bits per heavy atom. The van der Waals surface area contributed by atoms with Crippen molar-refractivity contribution in [3.63, 3.8) is 0 Å². The second-order valence-electron chi connectivity index (χ2n) is 6.47. The van der Waals surface area contributed by atoms with E-state index in [-0.39, 0.29) is 6.79 Å². The average molecular weight is 370 g/mol. The molecule has 1 aliphatic rings. The minimum absolute atomic E-state index is 0.100. The van der Waals surface area contributed by atoms with Crippen LogP contribution in [-0.2, 0) is 32.2 Å².